The molecule has 20 heavy (non-hydrogen) atoms. The minimum atomic E-state index is 0.131. The van der Waals surface area contributed by atoms with Crippen molar-refractivity contribution < 1.29 is 4.74 Å². The summed E-state index contributed by atoms with van der Waals surface area (Å²) in [6.45, 7) is 2.71. The number of fused-ring (bicyclic) bond motifs is 1. The third-order valence-electron chi connectivity index (χ3n) is 3.28. The van der Waals surface area contributed by atoms with E-state index in [9.17, 15) is 0 Å². The Morgan fingerprint density at radius 1 is 1.35 bits per heavy atom. The highest BCUT2D eigenvalue weighted by Gasteiger charge is 2.22. The van der Waals surface area contributed by atoms with Crippen LogP contribution in [-0.2, 0) is 12.8 Å². The first-order valence-corrected chi connectivity index (χ1v) is 7.14. The number of hydrogen-bond acceptors (Lipinski definition) is 4. The predicted molar refractivity (Wildman–Crippen MR) is 79.5 cm³/mol. The van der Waals surface area contributed by atoms with E-state index in [2.05, 4.69) is 21.4 Å². The van der Waals surface area contributed by atoms with Crippen LogP contribution in [0.5, 0.6) is 5.75 Å². The van der Waals surface area contributed by atoms with Crippen molar-refractivity contribution in [3.63, 3.8) is 0 Å². The highest BCUT2D eigenvalue weighted by atomic mass is 35.5. The molecule has 1 unspecified atom stereocenters. The summed E-state index contributed by atoms with van der Waals surface area (Å²) < 4.78 is 5.88. The molecule has 2 heterocycles. The first-order chi connectivity index (χ1) is 9.74. The van der Waals surface area contributed by atoms with Gasteiger partial charge in [0.05, 0.1) is 6.54 Å². The fraction of sp³-hybridized carbons (Fsp3) is 0.333. The zero-order valence-electron chi connectivity index (χ0n) is 11.3. The Labute approximate surface area is 123 Å². The number of ether oxygens (including phenoxy) is 1. The molecule has 0 amide bonds. The maximum atomic E-state index is 5.97. The van der Waals surface area contributed by atoms with Crippen molar-refractivity contribution in [2.75, 3.05) is 11.9 Å². The molecule has 1 aliphatic rings. The second kappa shape index (κ2) is 5.67. The Morgan fingerprint density at radius 2 is 2.20 bits per heavy atom. The van der Waals surface area contributed by atoms with Gasteiger partial charge in [-0.1, -0.05) is 36.7 Å². The lowest BCUT2D eigenvalue weighted by Gasteiger charge is -2.13. The minimum absolute atomic E-state index is 0.131. The van der Waals surface area contributed by atoms with Crippen LogP contribution in [0.1, 0.15) is 18.3 Å². The summed E-state index contributed by atoms with van der Waals surface area (Å²) >= 11 is 5.97. The molecule has 5 heteroatoms. The van der Waals surface area contributed by atoms with Gasteiger partial charge in [0, 0.05) is 18.9 Å². The summed E-state index contributed by atoms with van der Waals surface area (Å²) in [5.41, 5.74) is 1.26. The van der Waals surface area contributed by atoms with E-state index in [1.807, 2.05) is 25.1 Å². The smallest absolute Gasteiger partial charge is 0.134 e. The molecule has 1 aliphatic heterocycles. The molecule has 0 bridgehead atoms. The van der Waals surface area contributed by atoms with Gasteiger partial charge in [0.1, 0.15) is 28.6 Å². The third-order valence-corrected chi connectivity index (χ3v) is 3.48. The Bertz CT molecular complexity index is 593. The summed E-state index contributed by atoms with van der Waals surface area (Å²) in [5, 5.41) is 3.74. The van der Waals surface area contributed by atoms with Crippen molar-refractivity contribution in [2.24, 2.45) is 0 Å². The Hall–Kier alpha value is -1.81. The third kappa shape index (κ3) is 2.85. The lowest BCUT2D eigenvalue weighted by molar-refractivity contribution is 0.246. The average Bonchev–Trinajstić information content (AvgIpc) is 2.87. The number of para-hydroxylation sites is 1. The molecule has 0 saturated carbocycles. The molecule has 104 valence electrons. The predicted octanol–water partition coefficient (Wildman–Crippen LogP) is 3.11. The SMILES string of the molecule is CCc1nc(Cl)cc(NCC2Cc3ccccc3O2)n1. The number of anilines is 1. The maximum absolute atomic E-state index is 5.97. The number of nitrogens with zero attached hydrogens (tertiary/aromatic N) is 2. The quantitative estimate of drug-likeness (QED) is 0.879. The molecule has 0 fully saturated rings. The van der Waals surface area contributed by atoms with E-state index in [-0.39, 0.29) is 6.10 Å². The van der Waals surface area contributed by atoms with Crippen LogP contribution in [0.3, 0.4) is 0 Å². The van der Waals surface area contributed by atoms with E-state index in [0.29, 0.717) is 11.7 Å². The largest absolute Gasteiger partial charge is 0.488 e. The Balaban J connectivity index is 1.63. The minimum Gasteiger partial charge on any atom is -0.488 e. The van der Waals surface area contributed by atoms with Crippen LogP contribution >= 0.6 is 11.6 Å². The van der Waals surface area contributed by atoms with Gasteiger partial charge >= 0.3 is 0 Å². The fourth-order valence-electron chi connectivity index (χ4n) is 2.30. The second-order valence-corrected chi connectivity index (χ2v) is 5.17. The highest BCUT2D eigenvalue weighted by Crippen LogP contribution is 2.28. The molecule has 1 aromatic heterocycles. The molecule has 1 aromatic carbocycles. The van der Waals surface area contributed by atoms with Crippen LogP contribution in [0.4, 0.5) is 5.82 Å². The summed E-state index contributed by atoms with van der Waals surface area (Å²) in [5.74, 6) is 2.48. The first kappa shape index (κ1) is 13.2. The summed E-state index contributed by atoms with van der Waals surface area (Å²) in [6, 6.07) is 9.88. The zero-order chi connectivity index (χ0) is 13.9. The van der Waals surface area contributed by atoms with Crippen molar-refractivity contribution >= 4 is 17.4 Å². The molecular formula is C15H16ClN3O. The van der Waals surface area contributed by atoms with Gasteiger partial charge in [-0.15, -0.1) is 0 Å². The number of benzene rings is 1. The maximum Gasteiger partial charge on any atom is 0.134 e. The van der Waals surface area contributed by atoms with E-state index in [1.165, 1.54) is 5.56 Å². The molecule has 4 nitrogen and oxygen atoms in total. The highest BCUT2D eigenvalue weighted by molar-refractivity contribution is 6.29. The van der Waals surface area contributed by atoms with Crippen molar-refractivity contribution in [3.8, 4) is 5.75 Å². The summed E-state index contributed by atoms with van der Waals surface area (Å²) in [7, 11) is 0. The van der Waals surface area contributed by atoms with E-state index < -0.39 is 0 Å². The normalized spacial score (nSPS) is 16.6. The van der Waals surface area contributed by atoms with Gasteiger partial charge in [0.15, 0.2) is 0 Å². The van der Waals surface area contributed by atoms with E-state index in [0.717, 1.165) is 30.2 Å². The number of hydrogen-bond donors (Lipinski definition) is 1. The lowest BCUT2D eigenvalue weighted by Crippen LogP contribution is -2.24. The molecule has 2 aromatic rings. The second-order valence-electron chi connectivity index (χ2n) is 4.78. The summed E-state index contributed by atoms with van der Waals surface area (Å²) in [6.07, 6.45) is 1.81. The van der Waals surface area contributed by atoms with Crippen LogP contribution in [0.15, 0.2) is 30.3 Å². The topological polar surface area (TPSA) is 47.0 Å². The van der Waals surface area contributed by atoms with Crippen LogP contribution in [0, 0.1) is 0 Å². The molecule has 0 radical (unpaired) electrons. The van der Waals surface area contributed by atoms with Crippen molar-refractivity contribution in [1.29, 1.82) is 0 Å². The number of nitrogens with one attached hydrogen (secondary N) is 1. The van der Waals surface area contributed by atoms with Gasteiger partial charge in [0.2, 0.25) is 0 Å². The number of halogens is 1. The average molecular weight is 290 g/mol. The van der Waals surface area contributed by atoms with Gasteiger partial charge in [-0.05, 0) is 11.6 Å². The van der Waals surface area contributed by atoms with Crippen molar-refractivity contribution in [1.82, 2.24) is 9.97 Å². The number of aryl methyl sites for hydroxylation is 1. The van der Waals surface area contributed by atoms with Crippen molar-refractivity contribution in [3.05, 3.63) is 46.9 Å². The Kier molecular flexibility index (Phi) is 3.74. The van der Waals surface area contributed by atoms with Gasteiger partial charge in [-0.25, -0.2) is 9.97 Å². The monoisotopic (exact) mass is 289 g/mol. The van der Waals surface area contributed by atoms with E-state index in [1.54, 1.807) is 6.07 Å². The first-order valence-electron chi connectivity index (χ1n) is 6.76. The van der Waals surface area contributed by atoms with E-state index in [4.69, 9.17) is 16.3 Å². The standard InChI is InChI=1S/C15H16ClN3O/c1-2-14-18-13(16)8-15(19-14)17-9-11-7-10-5-3-4-6-12(10)20-11/h3-6,8,11H,2,7,9H2,1H3,(H,17,18,19). The van der Waals surface area contributed by atoms with Crippen molar-refractivity contribution in [2.45, 2.75) is 25.9 Å². The van der Waals surface area contributed by atoms with Gasteiger partial charge in [0.25, 0.3) is 0 Å². The van der Waals surface area contributed by atoms with Gasteiger partial charge < -0.3 is 10.1 Å². The van der Waals surface area contributed by atoms with Crippen LogP contribution in [0.25, 0.3) is 0 Å². The Morgan fingerprint density at radius 3 is 3.00 bits per heavy atom. The van der Waals surface area contributed by atoms with Crippen LogP contribution in [-0.4, -0.2) is 22.6 Å². The number of rotatable bonds is 4. The van der Waals surface area contributed by atoms with Gasteiger partial charge in [-0.3, -0.25) is 0 Å². The fourth-order valence-corrected chi connectivity index (χ4v) is 2.50. The lowest BCUT2D eigenvalue weighted by atomic mass is 10.1. The van der Waals surface area contributed by atoms with E-state index >= 15 is 0 Å². The van der Waals surface area contributed by atoms with Gasteiger partial charge in [-0.2, -0.15) is 0 Å². The molecule has 0 saturated heterocycles. The molecule has 3 rings (SSSR count). The zero-order valence-corrected chi connectivity index (χ0v) is 12.0. The summed E-state index contributed by atoms with van der Waals surface area (Å²) in [4.78, 5) is 8.55. The molecule has 1 N–H and O–H groups in total. The molecule has 0 spiro atoms. The molecular weight excluding hydrogens is 274 g/mol. The number of aromatic nitrogens is 2. The van der Waals surface area contributed by atoms with Crippen LogP contribution < -0.4 is 10.1 Å². The van der Waals surface area contributed by atoms with Crippen LogP contribution in [0.2, 0.25) is 5.15 Å². The molecule has 1 atom stereocenters. The molecule has 0 aliphatic carbocycles.